The van der Waals surface area contributed by atoms with Gasteiger partial charge in [0.1, 0.15) is 0 Å². The third kappa shape index (κ3) is 2.00. The molecule has 0 saturated heterocycles. The van der Waals surface area contributed by atoms with Crippen LogP contribution in [0.3, 0.4) is 0 Å². The lowest BCUT2D eigenvalue weighted by Crippen LogP contribution is -2.27. The minimum absolute atomic E-state index is 0.138. The van der Waals surface area contributed by atoms with Gasteiger partial charge >= 0.3 is 0 Å². The molecule has 98 valence electrons. The van der Waals surface area contributed by atoms with Gasteiger partial charge in [0, 0.05) is 17.5 Å². The smallest absolute Gasteiger partial charge is 0.258 e. The minimum atomic E-state index is 0.138. The molecule has 2 aromatic carbocycles. The number of benzene rings is 2. The molecule has 0 fully saturated rings. The van der Waals surface area contributed by atoms with E-state index in [1.807, 2.05) is 29.2 Å². The predicted molar refractivity (Wildman–Crippen MR) is 78.5 cm³/mol. The van der Waals surface area contributed by atoms with Crippen molar-refractivity contribution in [3.05, 3.63) is 42.0 Å². The summed E-state index contributed by atoms with van der Waals surface area (Å²) in [6.07, 6.45) is 3.11. The fourth-order valence-corrected chi connectivity index (χ4v) is 2.79. The second kappa shape index (κ2) is 5.02. The molecular formula is C16H18N2O. The van der Waals surface area contributed by atoms with E-state index < -0.39 is 0 Å². The molecule has 1 amide bonds. The average molecular weight is 254 g/mol. The predicted octanol–water partition coefficient (Wildman–Crippen LogP) is 2.93. The summed E-state index contributed by atoms with van der Waals surface area (Å²) in [4.78, 5) is 14.4. The van der Waals surface area contributed by atoms with E-state index in [0.29, 0.717) is 0 Å². The second-order valence-corrected chi connectivity index (χ2v) is 4.99. The standard InChI is InChI=1S/C16H18N2O/c17-10-2-1-3-11-18-14-9-5-7-12-6-4-8-13(15(12)14)16(18)19/h4-9H,1-3,10-11,17H2. The first-order valence-corrected chi connectivity index (χ1v) is 6.86. The number of carbonyl (C=O) groups excluding carboxylic acids is 1. The molecule has 19 heavy (non-hydrogen) atoms. The molecule has 3 rings (SSSR count). The maximum Gasteiger partial charge on any atom is 0.258 e. The van der Waals surface area contributed by atoms with Crippen LogP contribution in [0.15, 0.2) is 36.4 Å². The second-order valence-electron chi connectivity index (χ2n) is 4.99. The van der Waals surface area contributed by atoms with Crippen LogP contribution in [-0.4, -0.2) is 19.0 Å². The molecule has 1 heterocycles. The number of hydrogen-bond acceptors (Lipinski definition) is 2. The molecule has 1 aliphatic rings. The fraction of sp³-hybridized carbons (Fsp3) is 0.312. The Balaban J connectivity index is 1.90. The van der Waals surface area contributed by atoms with Crippen molar-refractivity contribution < 1.29 is 4.79 Å². The van der Waals surface area contributed by atoms with E-state index in [2.05, 4.69) is 12.1 Å². The van der Waals surface area contributed by atoms with E-state index in [1.54, 1.807) is 0 Å². The number of nitrogens with zero attached hydrogens (tertiary/aromatic N) is 1. The Morgan fingerprint density at radius 2 is 1.79 bits per heavy atom. The van der Waals surface area contributed by atoms with E-state index in [-0.39, 0.29) is 5.91 Å². The Morgan fingerprint density at radius 1 is 1.00 bits per heavy atom. The number of hydrogen-bond donors (Lipinski definition) is 1. The molecule has 0 atom stereocenters. The molecule has 0 unspecified atom stereocenters. The summed E-state index contributed by atoms with van der Waals surface area (Å²) < 4.78 is 0. The number of anilines is 1. The number of amides is 1. The molecule has 1 aliphatic heterocycles. The Morgan fingerprint density at radius 3 is 2.58 bits per heavy atom. The van der Waals surface area contributed by atoms with Crippen molar-refractivity contribution in [1.29, 1.82) is 0 Å². The van der Waals surface area contributed by atoms with E-state index in [0.717, 1.165) is 54.4 Å². The van der Waals surface area contributed by atoms with Gasteiger partial charge in [0.15, 0.2) is 0 Å². The highest BCUT2D eigenvalue weighted by molar-refractivity contribution is 6.24. The van der Waals surface area contributed by atoms with Crippen molar-refractivity contribution in [2.24, 2.45) is 5.73 Å². The van der Waals surface area contributed by atoms with Gasteiger partial charge in [0.2, 0.25) is 0 Å². The first-order chi connectivity index (χ1) is 9.33. The van der Waals surface area contributed by atoms with Crippen molar-refractivity contribution in [3.8, 4) is 0 Å². The molecule has 0 bridgehead atoms. The van der Waals surface area contributed by atoms with Gasteiger partial charge < -0.3 is 10.6 Å². The number of rotatable bonds is 5. The maximum atomic E-state index is 12.4. The molecule has 3 nitrogen and oxygen atoms in total. The van der Waals surface area contributed by atoms with Gasteiger partial charge in [-0.1, -0.05) is 30.7 Å². The zero-order valence-electron chi connectivity index (χ0n) is 10.9. The van der Waals surface area contributed by atoms with Gasteiger partial charge in [-0.15, -0.1) is 0 Å². The van der Waals surface area contributed by atoms with Crippen LogP contribution in [0.2, 0.25) is 0 Å². The van der Waals surface area contributed by atoms with Crippen molar-refractivity contribution in [2.75, 3.05) is 18.0 Å². The Kier molecular flexibility index (Phi) is 3.22. The van der Waals surface area contributed by atoms with Crippen LogP contribution < -0.4 is 10.6 Å². The van der Waals surface area contributed by atoms with Gasteiger partial charge in [-0.3, -0.25) is 4.79 Å². The molecule has 0 aromatic heterocycles. The molecule has 2 N–H and O–H groups in total. The summed E-state index contributed by atoms with van der Waals surface area (Å²) in [5.74, 6) is 0.138. The monoisotopic (exact) mass is 254 g/mol. The molecule has 0 aliphatic carbocycles. The average Bonchev–Trinajstić information content (AvgIpc) is 2.71. The Bertz CT molecular complexity index is 616. The lowest BCUT2D eigenvalue weighted by molar-refractivity contribution is 0.0993. The van der Waals surface area contributed by atoms with E-state index in [9.17, 15) is 4.79 Å². The van der Waals surface area contributed by atoms with Crippen LogP contribution in [0.4, 0.5) is 5.69 Å². The first-order valence-electron chi connectivity index (χ1n) is 6.86. The van der Waals surface area contributed by atoms with Gasteiger partial charge in [-0.05, 0) is 36.9 Å². The lowest BCUT2D eigenvalue weighted by Gasteiger charge is -2.17. The summed E-state index contributed by atoms with van der Waals surface area (Å²) in [7, 11) is 0. The zero-order valence-corrected chi connectivity index (χ0v) is 10.9. The quantitative estimate of drug-likeness (QED) is 0.834. The van der Waals surface area contributed by atoms with Crippen molar-refractivity contribution in [1.82, 2.24) is 0 Å². The van der Waals surface area contributed by atoms with E-state index >= 15 is 0 Å². The third-order valence-corrected chi connectivity index (χ3v) is 3.73. The largest absolute Gasteiger partial charge is 0.330 e. The van der Waals surface area contributed by atoms with Crippen molar-refractivity contribution in [2.45, 2.75) is 19.3 Å². The first kappa shape index (κ1) is 12.2. The summed E-state index contributed by atoms with van der Waals surface area (Å²) in [6, 6.07) is 12.1. The SMILES string of the molecule is NCCCCCN1C(=O)c2cccc3cccc1c23. The summed E-state index contributed by atoms with van der Waals surface area (Å²) in [5, 5.41) is 2.25. The molecule has 3 heteroatoms. The highest BCUT2D eigenvalue weighted by atomic mass is 16.2. The highest BCUT2D eigenvalue weighted by Crippen LogP contribution is 2.37. The Hall–Kier alpha value is -1.87. The van der Waals surface area contributed by atoms with Crippen molar-refractivity contribution in [3.63, 3.8) is 0 Å². The normalized spacial score (nSPS) is 13.5. The van der Waals surface area contributed by atoms with Gasteiger partial charge in [0.05, 0.1) is 5.69 Å². The van der Waals surface area contributed by atoms with Gasteiger partial charge in [-0.25, -0.2) is 0 Å². The van der Waals surface area contributed by atoms with Crippen molar-refractivity contribution >= 4 is 22.4 Å². The van der Waals surface area contributed by atoms with Crippen LogP contribution >= 0.6 is 0 Å². The summed E-state index contributed by atoms with van der Waals surface area (Å²) in [6.45, 7) is 1.51. The summed E-state index contributed by atoms with van der Waals surface area (Å²) >= 11 is 0. The van der Waals surface area contributed by atoms with Crippen LogP contribution in [0.5, 0.6) is 0 Å². The maximum absolute atomic E-state index is 12.4. The zero-order chi connectivity index (χ0) is 13.2. The Labute approximate surface area is 113 Å². The minimum Gasteiger partial charge on any atom is -0.330 e. The number of nitrogens with two attached hydrogens (primary N) is 1. The van der Waals surface area contributed by atoms with E-state index in [1.165, 1.54) is 0 Å². The molecular weight excluding hydrogens is 236 g/mol. The fourth-order valence-electron chi connectivity index (χ4n) is 2.79. The van der Waals surface area contributed by atoms with Crippen LogP contribution in [-0.2, 0) is 0 Å². The molecule has 2 aromatic rings. The third-order valence-electron chi connectivity index (χ3n) is 3.73. The van der Waals surface area contributed by atoms with Crippen LogP contribution in [0.1, 0.15) is 29.6 Å². The summed E-state index contributed by atoms with van der Waals surface area (Å²) in [5.41, 5.74) is 7.40. The van der Waals surface area contributed by atoms with Crippen LogP contribution in [0, 0.1) is 0 Å². The topological polar surface area (TPSA) is 46.3 Å². The molecule has 0 radical (unpaired) electrons. The molecule has 0 saturated carbocycles. The van der Waals surface area contributed by atoms with Crippen LogP contribution in [0.25, 0.3) is 10.8 Å². The molecule has 0 spiro atoms. The lowest BCUT2D eigenvalue weighted by atomic mass is 10.1. The number of unbranched alkanes of at least 4 members (excludes halogenated alkanes) is 2. The van der Waals surface area contributed by atoms with Gasteiger partial charge in [0.25, 0.3) is 5.91 Å². The van der Waals surface area contributed by atoms with Gasteiger partial charge in [-0.2, -0.15) is 0 Å². The van der Waals surface area contributed by atoms with E-state index in [4.69, 9.17) is 5.73 Å². The number of carbonyl (C=O) groups is 1. The highest BCUT2D eigenvalue weighted by Gasteiger charge is 2.28.